The van der Waals surface area contributed by atoms with Crippen LogP contribution >= 0.6 is 0 Å². The Balaban J connectivity index is 1.46. The molecule has 3 aromatic rings. The maximum absolute atomic E-state index is 13.7. The fourth-order valence-electron chi connectivity index (χ4n) is 3.26. The first-order valence-corrected chi connectivity index (χ1v) is 11.1. The first-order chi connectivity index (χ1) is 14.7. The van der Waals surface area contributed by atoms with Crippen LogP contribution in [0.5, 0.6) is 0 Å². The highest BCUT2D eigenvalue weighted by molar-refractivity contribution is 7.90. The Morgan fingerprint density at radius 1 is 1.16 bits per heavy atom. The quantitative estimate of drug-likeness (QED) is 0.641. The molecule has 4 rings (SSSR count). The summed E-state index contributed by atoms with van der Waals surface area (Å²) >= 11 is 0. The van der Waals surface area contributed by atoms with Crippen molar-refractivity contribution in [2.75, 3.05) is 23.0 Å². The standard InChI is InChI=1S/C20H17FN4O5S/c1-31(28,29)14-8-6-13(7-9-14)25-11-12(10-17(25)26)19-23-24-20(30-19)22-18(27)15-4-2-3-5-16(15)21/h2-9,12H,10-11H2,1H3,(H,22,24,27)/t12-/m1/s1. The first kappa shape index (κ1) is 20.7. The van der Waals surface area contributed by atoms with E-state index in [1.807, 2.05) is 0 Å². The molecule has 1 saturated heterocycles. The van der Waals surface area contributed by atoms with Crippen LogP contribution in [-0.4, -0.2) is 43.2 Å². The van der Waals surface area contributed by atoms with Crippen molar-refractivity contribution in [3.05, 3.63) is 65.8 Å². The van der Waals surface area contributed by atoms with Crippen LogP contribution in [0.15, 0.2) is 57.8 Å². The van der Waals surface area contributed by atoms with E-state index in [2.05, 4.69) is 15.5 Å². The highest BCUT2D eigenvalue weighted by Gasteiger charge is 2.35. The number of rotatable bonds is 5. The van der Waals surface area contributed by atoms with Gasteiger partial charge in [-0.2, -0.15) is 0 Å². The number of benzene rings is 2. The lowest BCUT2D eigenvalue weighted by Crippen LogP contribution is -2.24. The van der Waals surface area contributed by atoms with Crippen LogP contribution in [0.2, 0.25) is 0 Å². The molecule has 0 saturated carbocycles. The molecule has 0 unspecified atom stereocenters. The Morgan fingerprint density at radius 3 is 2.55 bits per heavy atom. The smallest absolute Gasteiger partial charge is 0.322 e. The Bertz CT molecular complexity index is 1260. The zero-order valence-corrected chi connectivity index (χ0v) is 17.1. The van der Waals surface area contributed by atoms with E-state index in [4.69, 9.17) is 4.42 Å². The number of carbonyl (C=O) groups is 2. The Kier molecular flexibility index (Phi) is 5.27. The van der Waals surface area contributed by atoms with E-state index < -0.39 is 27.5 Å². The molecule has 0 bridgehead atoms. The lowest BCUT2D eigenvalue weighted by Gasteiger charge is -2.16. The summed E-state index contributed by atoms with van der Waals surface area (Å²) in [6.45, 7) is 0.250. The fourth-order valence-corrected chi connectivity index (χ4v) is 3.89. The van der Waals surface area contributed by atoms with E-state index in [1.54, 1.807) is 12.1 Å². The summed E-state index contributed by atoms with van der Waals surface area (Å²) < 4.78 is 42.4. The Hall–Kier alpha value is -3.60. The van der Waals surface area contributed by atoms with Gasteiger partial charge in [0.25, 0.3) is 5.91 Å². The number of nitrogens with zero attached hydrogens (tertiary/aromatic N) is 3. The molecule has 0 aliphatic carbocycles. The van der Waals surface area contributed by atoms with Gasteiger partial charge in [-0.1, -0.05) is 17.2 Å². The minimum atomic E-state index is -3.34. The SMILES string of the molecule is CS(=O)(=O)c1ccc(N2C[C@H](c3nnc(NC(=O)c4ccccc4F)o3)CC2=O)cc1. The van der Waals surface area contributed by atoms with Crippen LogP contribution in [0.3, 0.4) is 0 Å². The molecule has 0 radical (unpaired) electrons. The molecule has 11 heteroatoms. The second kappa shape index (κ2) is 7.91. The summed E-state index contributed by atoms with van der Waals surface area (Å²) in [5, 5.41) is 9.99. The monoisotopic (exact) mass is 444 g/mol. The maximum atomic E-state index is 13.7. The summed E-state index contributed by atoms with van der Waals surface area (Å²) in [4.78, 5) is 26.3. The Morgan fingerprint density at radius 2 is 1.87 bits per heavy atom. The first-order valence-electron chi connectivity index (χ1n) is 9.22. The van der Waals surface area contributed by atoms with Gasteiger partial charge in [-0.15, -0.1) is 5.10 Å². The summed E-state index contributed by atoms with van der Waals surface area (Å²) in [5.74, 6) is -1.85. The number of amides is 2. The number of hydrogen-bond acceptors (Lipinski definition) is 7. The highest BCUT2D eigenvalue weighted by Crippen LogP contribution is 2.32. The molecule has 1 aliphatic rings. The molecule has 2 heterocycles. The molecule has 2 aromatic carbocycles. The molecule has 1 aromatic heterocycles. The van der Waals surface area contributed by atoms with Crippen molar-refractivity contribution >= 4 is 33.4 Å². The number of aromatic nitrogens is 2. The van der Waals surface area contributed by atoms with Gasteiger partial charge < -0.3 is 9.32 Å². The van der Waals surface area contributed by atoms with Gasteiger partial charge in [0.05, 0.1) is 16.4 Å². The molecule has 0 spiro atoms. The van der Waals surface area contributed by atoms with Crippen molar-refractivity contribution < 1.29 is 26.8 Å². The molecule has 2 amide bonds. The lowest BCUT2D eigenvalue weighted by molar-refractivity contribution is -0.117. The normalized spacial score (nSPS) is 16.5. The van der Waals surface area contributed by atoms with Gasteiger partial charge in [-0.3, -0.25) is 14.9 Å². The summed E-state index contributed by atoms with van der Waals surface area (Å²) in [6.07, 6.45) is 1.22. The van der Waals surface area contributed by atoms with Gasteiger partial charge in [0.15, 0.2) is 9.84 Å². The largest absolute Gasteiger partial charge is 0.407 e. The topological polar surface area (TPSA) is 122 Å². The maximum Gasteiger partial charge on any atom is 0.322 e. The number of anilines is 2. The summed E-state index contributed by atoms with van der Waals surface area (Å²) in [7, 11) is -3.34. The number of halogens is 1. The van der Waals surface area contributed by atoms with E-state index >= 15 is 0 Å². The molecule has 9 nitrogen and oxygen atoms in total. The molecule has 1 atom stereocenters. The van der Waals surface area contributed by atoms with Crippen molar-refractivity contribution in [1.29, 1.82) is 0 Å². The lowest BCUT2D eigenvalue weighted by atomic mass is 10.1. The van der Waals surface area contributed by atoms with Gasteiger partial charge >= 0.3 is 6.01 Å². The van der Waals surface area contributed by atoms with E-state index in [-0.39, 0.29) is 41.2 Å². The van der Waals surface area contributed by atoms with E-state index in [9.17, 15) is 22.4 Å². The second-order valence-electron chi connectivity index (χ2n) is 7.05. The molecule has 31 heavy (non-hydrogen) atoms. The Labute approximate surface area is 176 Å². The zero-order chi connectivity index (χ0) is 22.2. The van der Waals surface area contributed by atoms with Crippen molar-refractivity contribution in [1.82, 2.24) is 10.2 Å². The number of hydrogen-bond donors (Lipinski definition) is 1. The fraction of sp³-hybridized carbons (Fsp3) is 0.200. The van der Waals surface area contributed by atoms with Crippen LogP contribution in [0, 0.1) is 5.82 Å². The third-order valence-corrected chi connectivity index (χ3v) is 5.96. The molecule has 1 N–H and O–H groups in total. The van der Waals surface area contributed by atoms with Crippen LogP contribution in [0.25, 0.3) is 0 Å². The molecule has 1 aliphatic heterocycles. The molecule has 1 fully saturated rings. The van der Waals surface area contributed by atoms with E-state index in [0.717, 1.165) is 12.3 Å². The van der Waals surface area contributed by atoms with Gasteiger partial charge in [-0.25, -0.2) is 12.8 Å². The minimum Gasteiger partial charge on any atom is -0.407 e. The third kappa shape index (κ3) is 4.31. The van der Waals surface area contributed by atoms with Crippen molar-refractivity contribution in [2.45, 2.75) is 17.2 Å². The third-order valence-electron chi connectivity index (χ3n) is 4.83. The van der Waals surface area contributed by atoms with Crippen molar-refractivity contribution in [3.8, 4) is 0 Å². The van der Waals surface area contributed by atoms with Crippen LogP contribution in [0.1, 0.15) is 28.6 Å². The molecular weight excluding hydrogens is 427 g/mol. The average Bonchev–Trinajstić information content (AvgIpc) is 3.34. The second-order valence-corrected chi connectivity index (χ2v) is 9.07. The average molecular weight is 444 g/mol. The van der Waals surface area contributed by atoms with E-state index in [0.29, 0.717) is 5.69 Å². The van der Waals surface area contributed by atoms with Gasteiger partial charge in [0.2, 0.25) is 11.8 Å². The number of carbonyl (C=O) groups excluding carboxylic acids is 2. The predicted octanol–water partition coefficient (Wildman–Crippen LogP) is 2.39. The summed E-state index contributed by atoms with van der Waals surface area (Å²) in [5.41, 5.74) is 0.384. The minimum absolute atomic E-state index is 0.108. The van der Waals surface area contributed by atoms with Gasteiger partial charge in [0.1, 0.15) is 5.82 Å². The van der Waals surface area contributed by atoms with E-state index in [1.165, 1.54) is 35.2 Å². The van der Waals surface area contributed by atoms with Crippen LogP contribution in [-0.2, 0) is 14.6 Å². The van der Waals surface area contributed by atoms with Crippen LogP contribution < -0.4 is 10.2 Å². The number of nitrogens with one attached hydrogen (secondary N) is 1. The van der Waals surface area contributed by atoms with Crippen LogP contribution in [0.4, 0.5) is 16.1 Å². The predicted molar refractivity (Wildman–Crippen MR) is 108 cm³/mol. The molecular formula is C20H17FN4O5S. The number of sulfone groups is 1. The summed E-state index contributed by atoms with van der Waals surface area (Å²) in [6, 6.07) is 11.3. The highest BCUT2D eigenvalue weighted by atomic mass is 32.2. The van der Waals surface area contributed by atoms with Gasteiger partial charge in [-0.05, 0) is 36.4 Å². The van der Waals surface area contributed by atoms with Crippen molar-refractivity contribution in [2.24, 2.45) is 0 Å². The zero-order valence-electron chi connectivity index (χ0n) is 16.3. The molecule has 160 valence electrons. The van der Waals surface area contributed by atoms with Gasteiger partial charge in [0, 0.05) is 24.9 Å². The van der Waals surface area contributed by atoms with Crippen molar-refractivity contribution in [3.63, 3.8) is 0 Å².